The van der Waals surface area contributed by atoms with Crippen LogP contribution in [0.1, 0.15) is 41.8 Å². The maximum absolute atomic E-state index is 13.9. The number of rotatable bonds is 9. The molecule has 1 saturated heterocycles. The summed E-state index contributed by atoms with van der Waals surface area (Å²) in [6.45, 7) is 4.35. The van der Waals surface area contributed by atoms with Crippen LogP contribution in [-0.2, 0) is 0 Å². The molecule has 2 atom stereocenters. The number of likely N-dealkylation sites (tertiary alicyclic amines) is 1. The Morgan fingerprint density at radius 1 is 1.22 bits per heavy atom. The molecule has 2 aromatic carbocycles. The molecule has 1 amide bonds. The van der Waals surface area contributed by atoms with Crippen LogP contribution in [0.2, 0.25) is 10.0 Å². The Morgan fingerprint density at radius 3 is 2.62 bits per heavy atom. The lowest BCUT2D eigenvalue weighted by Crippen LogP contribution is -2.39. The highest BCUT2D eigenvalue weighted by molar-refractivity contribution is 6.36. The van der Waals surface area contributed by atoms with Crippen molar-refractivity contribution in [3.63, 3.8) is 0 Å². The van der Waals surface area contributed by atoms with Crippen LogP contribution < -0.4 is 15.8 Å². The molecule has 0 saturated carbocycles. The van der Waals surface area contributed by atoms with Crippen LogP contribution in [0.25, 0.3) is 11.3 Å². The van der Waals surface area contributed by atoms with E-state index in [4.69, 9.17) is 33.7 Å². The monoisotopic (exact) mass is 547 g/mol. The molecule has 1 unspecified atom stereocenters. The van der Waals surface area contributed by atoms with Crippen molar-refractivity contribution in [2.75, 3.05) is 31.9 Å². The molecule has 4 N–H and O–H groups in total. The number of nitrogens with zero attached hydrogens (tertiary/aromatic N) is 3. The fourth-order valence-corrected chi connectivity index (χ4v) is 4.86. The van der Waals surface area contributed by atoms with E-state index in [9.17, 15) is 14.3 Å². The maximum Gasteiger partial charge on any atom is 0.258 e. The number of carbonyl (C=O) groups excluding carboxylic acids is 1. The minimum Gasteiger partial charge on any atom is -0.467 e. The Hall–Kier alpha value is -2.98. The highest BCUT2D eigenvalue weighted by Gasteiger charge is 2.21. The lowest BCUT2D eigenvalue weighted by molar-refractivity contribution is 0.0879. The van der Waals surface area contributed by atoms with Gasteiger partial charge >= 0.3 is 0 Å². The number of β-amino-alcohol motifs (C(OH)–C–C–N with tert-alkyl or cyclic N) is 1. The number of benzene rings is 2. The first-order chi connectivity index (χ1) is 17.7. The quantitative estimate of drug-likeness (QED) is 0.338. The largest absolute Gasteiger partial charge is 0.467 e. The molecule has 3 aromatic rings. The third kappa shape index (κ3) is 6.67. The number of amides is 1. The molecule has 8 nitrogen and oxygen atoms in total. The zero-order valence-electron chi connectivity index (χ0n) is 20.3. The first-order valence-corrected chi connectivity index (χ1v) is 12.7. The number of aliphatic hydroxyl groups is 1. The van der Waals surface area contributed by atoms with Gasteiger partial charge in [0.2, 0.25) is 0 Å². The molecule has 4 rings (SSSR count). The summed E-state index contributed by atoms with van der Waals surface area (Å²) in [5.74, 6) is -0.815. The average Bonchev–Trinajstić information content (AvgIpc) is 3.39. The van der Waals surface area contributed by atoms with Crippen LogP contribution in [0.15, 0.2) is 42.6 Å². The van der Waals surface area contributed by atoms with Crippen molar-refractivity contribution in [2.45, 2.75) is 32.0 Å². The summed E-state index contributed by atoms with van der Waals surface area (Å²) >= 11 is 12.3. The molecule has 1 aromatic heterocycles. The highest BCUT2D eigenvalue weighted by Crippen LogP contribution is 2.35. The van der Waals surface area contributed by atoms with E-state index in [-0.39, 0.29) is 39.8 Å². The SMILES string of the molecule is CC(Oc1nc(-c2ccc(C(=O)NC[C@H](O)CN3CCCC3)cc2)cnc1N)c1c(Cl)ccc(F)c1Cl. The summed E-state index contributed by atoms with van der Waals surface area (Å²) in [5.41, 5.74) is 7.81. The topological polar surface area (TPSA) is 114 Å². The van der Waals surface area contributed by atoms with Gasteiger partial charge in [0.15, 0.2) is 5.82 Å². The Labute approximate surface area is 224 Å². The zero-order chi connectivity index (χ0) is 26.5. The molecule has 0 aliphatic carbocycles. The summed E-state index contributed by atoms with van der Waals surface area (Å²) in [6, 6.07) is 9.34. The van der Waals surface area contributed by atoms with E-state index < -0.39 is 18.0 Å². The Balaban J connectivity index is 1.41. The Morgan fingerprint density at radius 2 is 1.92 bits per heavy atom. The first-order valence-electron chi connectivity index (χ1n) is 11.9. The van der Waals surface area contributed by atoms with E-state index in [1.165, 1.54) is 18.3 Å². The zero-order valence-corrected chi connectivity index (χ0v) is 21.8. The molecule has 0 bridgehead atoms. The molecule has 2 heterocycles. The van der Waals surface area contributed by atoms with Crippen LogP contribution in [0.5, 0.6) is 5.88 Å². The Bertz CT molecular complexity index is 1260. The van der Waals surface area contributed by atoms with Gasteiger partial charge in [0.25, 0.3) is 11.8 Å². The second kappa shape index (κ2) is 12.0. The third-order valence-corrected chi connectivity index (χ3v) is 6.86. The van der Waals surface area contributed by atoms with Crippen LogP contribution in [0.3, 0.4) is 0 Å². The maximum atomic E-state index is 13.9. The molecule has 0 radical (unpaired) electrons. The second-order valence-corrected chi connectivity index (χ2v) is 9.70. The standard InChI is InChI=1S/C26H28Cl2FN5O3/c1-15(22-19(27)8-9-20(29)23(22)28)37-26-24(30)31-13-21(33-26)16-4-6-17(7-5-16)25(36)32-12-18(35)14-34-10-2-3-11-34/h4-9,13,15,18,35H,2-3,10-12,14H2,1H3,(H2,30,31)(H,32,36)/t15?,18-/m0/s1. The predicted octanol–water partition coefficient (Wildman–Crippen LogP) is 4.50. The Kier molecular flexibility index (Phi) is 8.81. The van der Waals surface area contributed by atoms with Crippen molar-refractivity contribution in [1.29, 1.82) is 0 Å². The van der Waals surface area contributed by atoms with E-state index in [0.29, 0.717) is 23.4 Å². The van der Waals surface area contributed by atoms with Crippen LogP contribution in [0, 0.1) is 5.82 Å². The number of aromatic nitrogens is 2. The molecule has 11 heteroatoms. The van der Waals surface area contributed by atoms with E-state index in [1.54, 1.807) is 31.2 Å². The number of anilines is 1. The van der Waals surface area contributed by atoms with Gasteiger partial charge < -0.3 is 25.8 Å². The van der Waals surface area contributed by atoms with Crippen molar-refractivity contribution < 1.29 is 19.0 Å². The molecule has 1 aliphatic heterocycles. The lowest BCUT2D eigenvalue weighted by Gasteiger charge is -2.19. The number of halogens is 3. The van der Waals surface area contributed by atoms with Crippen molar-refractivity contribution in [2.24, 2.45) is 0 Å². The molecular formula is C26H28Cl2FN5O3. The number of carbonyl (C=O) groups is 1. The van der Waals surface area contributed by atoms with Crippen LogP contribution in [-0.4, -0.2) is 58.2 Å². The predicted molar refractivity (Wildman–Crippen MR) is 141 cm³/mol. The highest BCUT2D eigenvalue weighted by atomic mass is 35.5. The van der Waals surface area contributed by atoms with E-state index >= 15 is 0 Å². The number of nitrogens with one attached hydrogen (secondary N) is 1. The number of nitrogens with two attached hydrogens (primary N) is 1. The number of hydrogen-bond donors (Lipinski definition) is 3. The van der Waals surface area contributed by atoms with Gasteiger partial charge in [0, 0.05) is 34.8 Å². The van der Waals surface area contributed by atoms with Crippen molar-refractivity contribution in [3.8, 4) is 17.1 Å². The minimum atomic E-state index is -0.755. The molecular weight excluding hydrogens is 520 g/mol. The van der Waals surface area contributed by atoms with Gasteiger partial charge in [-0.3, -0.25) is 4.79 Å². The van der Waals surface area contributed by atoms with Crippen molar-refractivity contribution >= 4 is 34.9 Å². The molecule has 1 aliphatic rings. The van der Waals surface area contributed by atoms with Gasteiger partial charge in [0.1, 0.15) is 11.9 Å². The fraction of sp³-hybridized carbons (Fsp3) is 0.346. The lowest BCUT2D eigenvalue weighted by atomic mass is 10.1. The fourth-order valence-electron chi connectivity index (χ4n) is 4.18. The van der Waals surface area contributed by atoms with E-state index in [0.717, 1.165) is 25.9 Å². The number of aliphatic hydroxyl groups excluding tert-OH is 1. The van der Waals surface area contributed by atoms with Gasteiger partial charge in [-0.1, -0.05) is 35.3 Å². The minimum absolute atomic E-state index is 0.0372. The van der Waals surface area contributed by atoms with Crippen molar-refractivity contribution in [3.05, 3.63) is 69.6 Å². The van der Waals surface area contributed by atoms with Gasteiger partial charge in [-0.05, 0) is 57.1 Å². The number of hydrogen-bond acceptors (Lipinski definition) is 7. The molecule has 196 valence electrons. The van der Waals surface area contributed by atoms with E-state index in [2.05, 4.69) is 20.2 Å². The van der Waals surface area contributed by atoms with Gasteiger partial charge in [-0.15, -0.1) is 0 Å². The van der Waals surface area contributed by atoms with Gasteiger partial charge in [-0.25, -0.2) is 14.4 Å². The first kappa shape index (κ1) is 27.1. The summed E-state index contributed by atoms with van der Waals surface area (Å²) in [6.07, 6.45) is 2.40. The van der Waals surface area contributed by atoms with Crippen LogP contribution in [0.4, 0.5) is 10.2 Å². The second-order valence-electron chi connectivity index (χ2n) is 8.91. The van der Waals surface area contributed by atoms with Crippen LogP contribution >= 0.6 is 23.2 Å². The normalized spacial score (nSPS) is 15.4. The summed E-state index contributed by atoms with van der Waals surface area (Å²) < 4.78 is 19.8. The molecule has 1 fully saturated rings. The molecule has 0 spiro atoms. The number of ether oxygens (including phenoxy) is 1. The smallest absolute Gasteiger partial charge is 0.258 e. The van der Waals surface area contributed by atoms with Crippen molar-refractivity contribution in [1.82, 2.24) is 20.2 Å². The summed E-state index contributed by atoms with van der Waals surface area (Å²) in [5, 5.41) is 13.1. The number of nitrogen functional groups attached to an aromatic ring is 1. The van der Waals surface area contributed by atoms with Gasteiger partial charge in [-0.2, -0.15) is 0 Å². The van der Waals surface area contributed by atoms with E-state index in [1.807, 2.05) is 0 Å². The molecule has 37 heavy (non-hydrogen) atoms. The summed E-state index contributed by atoms with van der Waals surface area (Å²) in [4.78, 5) is 23.3. The summed E-state index contributed by atoms with van der Waals surface area (Å²) in [7, 11) is 0. The van der Waals surface area contributed by atoms with Gasteiger partial charge in [0.05, 0.1) is 23.0 Å². The third-order valence-electron chi connectivity index (χ3n) is 6.15. The average molecular weight is 548 g/mol.